The molecule has 0 bridgehead atoms. The maximum Gasteiger partial charge on any atom is 0.262 e. The van der Waals surface area contributed by atoms with Gasteiger partial charge in [0.1, 0.15) is 5.75 Å². The Hall–Kier alpha value is -1.29. The summed E-state index contributed by atoms with van der Waals surface area (Å²) < 4.78 is 5.25. The average Bonchev–Trinajstić information content (AvgIpc) is 2.25. The third-order valence-corrected chi connectivity index (χ3v) is 2.41. The highest BCUT2D eigenvalue weighted by molar-refractivity contribution is 9.09. The van der Waals surface area contributed by atoms with Gasteiger partial charge in [0.15, 0.2) is 6.61 Å². The van der Waals surface area contributed by atoms with Gasteiger partial charge in [-0.2, -0.15) is 0 Å². The Bertz CT molecular complexity index is 415. The molecule has 0 spiro atoms. The number of rotatable bonds is 2. The van der Waals surface area contributed by atoms with Crippen molar-refractivity contribution in [2.45, 2.75) is 0 Å². The lowest BCUT2D eigenvalue weighted by molar-refractivity contribution is -0.118. The Morgan fingerprint density at radius 2 is 2.40 bits per heavy atom. The van der Waals surface area contributed by atoms with E-state index < -0.39 is 0 Å². The third kappa shape index (κ3) is 2.39. The average molecular weight is 268 g/mol. The molecule has 1 N–H and O–H groups in total. The molecule has 0 radical (unpaired) electrons. The van der Waals surface area contributed by atoms with Crippen LogP contribution in [0.3, 0.4) is 0 Å². The van der Waals surface area contributed by atoms with Crippen LogP contribution in [0.2, 0.25) is 0 Å². The summed E-state index contributed by atoms with van der Waals surface area (Å²) in [5, 5.41) is 3.58. The van der Waals surface area contributed by atoms with Crippen LogP contribution in [0.5, 0.6) is 5.75 Å². The number of anilines is 1. The van der Waals surface area contributed by atoms with Crippen molar-refractivity contribution >= 4 is 33.6 Å². The molecule has 15 heavy (non-hydrogen) atoms. The van der Waals surface area contributed by atoms with Gasteiger partial charge >= 0.3 is 0 Å². The van der Waals surface area contributed by atoms with Crippen molar-refractivity contribution in [3.63, 3.8) is 0 Å². The molecule has 0 aliphatic carbocycles. The monoisotopic (exact) mass is 267 g/mol. The van der Waals surface area contributed by atoms with Crippen LogP contribution in [0.4, 0.5) is 5.69 Å². The van der Waals surface area contributed by atoms with Crippen LogP contribution in [0.15, 0.2) is 24.3 Å². The highest BCUT2D eigenvalue weighted by Gasteiger charge is 2.15. The Morgan fingerprint density at radius 1 is 1.53 bits per heavy atom. The summed E-state index contributed by atoms with van der Waals surface area (Å²) in [6, 6.07) is 5.71. The highest BCUT2D eigenvalue weighted by Crippen LogP contribution is 2.28. The summed E-state index contributed by atoms with van der Waals surface area (Å²) in [5.41, 5.74) is 1.78. The molecule has 0 saturated carbocycles. The molecule has 78 valence electrons. The van der Waals surface area contributed by atoms with Crippen molar-refractivity contribution in [1.82, 2.24) is 0 Å². The first-order valence-corrected chi connectivity index (χ1v) is 5.71. The van der Waals surface area contributed by atoms with E-state index >= 15 is 0 Å². The quantitative estimate of drug-likeness (QED) is 0.836. The summed E-state index contributed by atoms with van der Waals surface area (Å²) in [6.45, 7) is 0.101. The predicted molar refractivity (Wildman–Crippen MR) is 63.4 cm³/mol. The number of carbonyl (C=O) groups is 1. The van der Waals surface area contributed by atoms with Crippen LogP contribution >= 0.6 is 15.9 Å². The largest absolute Gasteiger partial charge is 0.482 e. The zero-order valence-electron chi connectivity index (χ0n) is 8.00. The van der Waals surface area contributed by atoms with E-state index in [1.54, 1.807) is 0 Å². The highest BCUT2D eigenvalue weighted by atomic mass is 79.9. The van der Waals surface area contributed by atoms with E-state index in [0.717, 1.165) is 22.3 Å². The summed E-state index contributed by atoms with van der Waals surface area (Å²) in [4.78, 5) is 11.1. The van der Waals surface area contributed by atoms with E-state index in [9.17, 15) is 4.79 Å². The first kappa shape index (κ1) is 10.2. The molecule has 1 aromatic rings. The summed E-state index contributed by atoms with van der Waals surface area (Å²) in [7, 11) is 0. The molecule has 0 unspecified atom stereocenters. The number of nitrogens with one attached hydrogen (secondary N) is 1. The summed E-state index contributed by atoms with van der Waals surface area (Å²) in [5.74, 6) is 0.620. The van der Waals surface area contributed by atoms with Gasteiger partial charge in [0, 0.05) is 5.33 Å². The van der Waals surface area contributed by atoms with Crippen molar-refractivity contribution in [3.8, 4) is 5.75 Å². The van der Waals surface area contributed by atoms with Crippen molar-refractivity contribution in [2.75, 3.05) is 17.3 Å². The lowest BCUT2D eigenvalue weighted by Crippen LogP contribution is -2.25. The molecule has 1 aliphatic heterocycles. The van der Waals surface area contributed by atoms with Gasteiger partial charge in [-0.3, -0.25) is 4.79 Å². The third-order valence-electron chi connectivity index (χ3n) is 2.04. The topological polar surface area (TPSA) is 38.3 Å². The molecule has 1 aliphatic rings. The minimum atomic E-state index is -0.107. The van der Waals surface area contributed by atoms with Gasteiger partial charge in [-0.25, -0.2) is 0 Å². The molecule has 1 heterocycles. The molecule has 0 saturated heterocycles. The molecular weight excluding hydrogens is 258 g/mol. The molecule has 1 aromatic carbocycles. The number of hydrogen-bond donors (Lipinski definition) is 1. The zero-order valence-corrected chi connectivity index (χ0v) is 9.58. The molecular formula is C11H10BrNO2. The molecule has 0 fully saturated rings. The van der Waals surface area contributed by atoms with Gasteiger partial charge in [0.05, 0.1) is 5.69 Å². The fraction of sp³-hybridized carbons (Fsp3) is 0.182. The molecule has 2 rings (SSSR count). The number of carbonyl (C=O) groups excluding carboxylic acids is 1. The van der Waals surface area contributed by atoms with Crippen LogP contribution in [-0.4, -0.2) is 17.8 Å². The van der Waals surface area contributed by atoms with Crippen molar-refractivity contribution in [2.24, 2.45) is 0 Å². The minimum absolute atomic E-state index is 0.101. The van der Waals surface area contributed by atoms with Crippen LogP contribution in [0, 0.1) is 0 Å². The first-order chi connectivity index (χ1) is 7.29. The molecule has 1 amide bonds. The van der Waals surface area contributed by atoms with E-state index in [1.165, 1.54) is 0 Å². The first-order valence-electron chi connectivity index (χ1n) is 4.59. The second-order valence-corrected chi connectivity index (χ2v) is 3.80. The Morgan fingerprint density at radius 3 is 3.20 bits per heavy atom. The number of benzene rings is 1. The van der Waals surface area contributed by atoms with Crippen molar-refractivity contribution in [1.29, 1.82) is 0 Å². The smallest absolute Gasteiger partial charge is 0.262 e. The lowest BCUT2D eigenvalue weighted by Gasteiger charge is -2.17. The molecule has 4 heteroatoms. The van der Waals surface area contributed by atoms with Gasteiger partial charge in [0.2, 0.25) is 0 Å². The van der Waals surface area contributed by atoms with Gasteiger partial charge in [-0.1, -0.05) is 34.1 Å². The second kappa shape index (κ2) is 4.49. The number of ether oxygens (including phenoxy) is 1. The number of allylic oxidation sites excluding steroid dienone is 1. The minimum Gasteiger partial charge on any atom is -0.482 e. The van der Waals surface area contributed by atoms with Crippen LogP contribution in [0.25, 0.3) is 6.08 Å². The van der Waals surface area contributed by atoms with Gasteiger partial charge < -0.3 is 10.1 Å². The fourth-order valence-electron chi connectivity index (χ4n) is 1.39. The SMILES string of the molecule is O=C1COc2ccc(C=CCBr)cc2N1. The predicted octanol–water partition coefficient (Wildman–Crippen LogP) is 2.43. The van der Waals surface area contributed by atoms with Crippen LogP contribution in [0.1, 0.15) is 5.56 Å². The fourth-order valence-corrected chi connectivity index (χ4v) is 1.57. The van der Waals surface area contributed by atoms with E-state index in [4.69, 9.17) is 4.74 Å². The normalized spacial score (nSPS) is 14.6. The van der Waals surface area contributed by atoms with Gasteiger partial charge in [-0.05, 0) is 17.7 Å². The van der Waals surface area contributed by atoms with E-state index in [-0.39, 0.29) is 12.5 Å². The molecule has 0 aromatic heterocycles. The van der Waals surface area contributed by atoms with E-state index in [0.29, 0.717) is 0 Å². The molecule has 0 atom stereocenters. The maximum atomic E-state index is 11.1. The second-order valence-electron chi connectivity index (χ2n) is 3.15. The number of halogens is 1. The number of alkyl halides is 1. The van der Waals surface area contributed by atoms with Crippen molar-refractivity contribution in [3.05, 3.63) is 29.8 Å². The Kier molecular flexibility index (Phi) is 3.06. The lowest BCUT2D eigenvalue weighted by atomic mass is 10.1. The van der Waals surface area contributed by atoms with Gasteiger partial charge in [-0.15, -0.1) is 0 Å². The summed E-state index contributed by atoms with van der Waals surface area (Å²) in [6.07, 6.45) is 3.98. The number of hydrogen-bond acceptors (Lipinski definition) is 2. The standard InChI is InChI=1S/C11H10BrNO2/c12-5-1-2-8-3-4-10-9(6-8)13-11(14)7-15-10/h1-4,6H,5,7H2,(H,13,14). The van der Waals surface area contributed by atoms with Crippen LogP contribution in [-0.2, 0) is 4.79 Å². The number of fused-ring (bicyclic) bond motifs is 1. The summed E-state index contributed by atoms with van der Waals surface area (Å²) >= 11 is 3.31. The molecule has 3 nitrogen and oxygen atoms in total. The van der Waals surface area contributed by atoms with Crippen LogP contribution < -0.4 is 10.1 Å². The van der Waals surface area contributed by atoms with Gasteiger partial charge in [0.25, 0.3) is 5.91 Å². The Labute approximate surface area is 96.3 Å². The maximum absolute atomic E-state index is 11.1. The Balaban J connectivity index is 2.28. The van der Waals surface area contributed by atoms with Crippen molar-refractivity contribution < 1.29 is 9.53 Å². The van der Waals surface area contributed by atoms with E-state index in [1.807, 2.05) is 30.4 Å². The van der Waals surface area contributed by atoms with E-state index in [2.05, 4.69) is 21.2 Å². The number of amides is 1. The zero-order chi connectivity index (χ0) is 10.7.